The zero-order valence-corrected chi connectivity index (χ0v) is 17.0. The number of hydrogen-bond donors (Lipinski definition) is 2. The first-order valence-corrected chi connectivity index (χ1v) is 10.7. The van der Waals surface area contributed by atoms with Gasteiger partial charge in [-0.2, -0.15) is 4.98 Å². The van der Waals surface area contributed by atoms with E-state index in [1.165, 1.54) is 4.90 Å². The molecule has 4 rings (SSSR count). The van der Waals surface area contributed by atoms with Crippen molar-refractivity contribution < 1.29 is 18.9 Å². The second-order valence-corrected chi connectivity index (χ2v) is 8.61. The number of rotatable bonds is 5. The Morgan fingerprint density at radius 1 is 1.10 bits per heavy atom. The molecule has 2 aliphatic carbocycles. The summed E-state index contributed by atoms with van der Waals surface area (Å²) in [5.41, 5.74) is -1.38. The van der Waals surface area contributed by atoms with Gasteiger partial charge in [-0.15, -0.1) is 0 Å². The minimum absolute atomic E-state index is 0.0633. The van der Waals surface area contributed by atoms with Crippen molar-refractivity contribution >= 4 is 17.8 Å². The van der Waals surface area contributed by atoms with Gasteiger partial charge < -0.3 is 15.2 Å². The van der Waals surface area contributed by atoms with Crippen molar-refractivity contribution in [1.82, 2.24) is 25.7 Å². The average molecular weight is 403 g/mol. The first-order valence-electron chi connectivity index (χ1n) is 10.7. The molecule has 2 N–H and O–H groups in total. The fourth-order valence-electron chi connectivity index (χ4n) is 4.97. The summed E-state index contributed by atoms with van der Waals surface area (Å²) in [6.07, 6.45) is 8.96. The number of aromatic nitrogens is 2. The average Bonchev–Trinajstić information content (AvgIpc) is 3.24. The van der Waals surface area contributed by atoms with Crippen molar-refractivity contribution in [3.63, 3.8) is 0 Å². The summed E-state index contributed by atoms with van der Waals surface area (Å²) in [6.45, 7) is 1.81. The first kappa shape index (κ1) is 19.8. The van der Waals surface area contributed by atoms with Gasteiger partial charge in [0, 0.05) is 19.9 Å². The summed E-state index contributed by atoms with van der Waals surface area (Å²) in [5, 5.41) is 10.0. The van der Waals surface area contributed by atoms with Gasteiger partial charge in [-0.05, 0) is 25.7 Å². The number of nitrogens with one attached hydrogen (secondary N) is 2. The third kappa shape index (κ3) is 3.74. The maximum absolute atomic E-state index is 12.9. The third-order valence-corrected chi connectivity index (χ3v) is 6.56. The van der Waals surface area contributed by atoms with E-state index < -0.39 is 11.1 Å². The second kappa shape index (κ2) is 7.76. The lowest BCUT2D eigenvalue weighted by Crippen LogP contribution is -2.49. The highest BCUT2D eigenvalue weighted by Crippen LogP contribution is 2.36. The molecule has 1 spiro atoms. The maximum Gasteiger partial charge on any atom is 0.325 e. The van der Waals surface area contributed by atoms with E-state index in [2.05, 4.69) is 20.8 Å². The molecule has 0 aromatic carbocycles. The summed E-state index contributed by atoms with van der Waals surface area (Å²) in [7, 11) is 0. The molecule has 0 bridgehead atoms. The van der Waals surface area contributed by atoms with Crippen molar-refractivity contribution in [3.05, 3.63) is 11.7 Å². The molecule has 2 heterocycles. The highest BCUT2D eigenvalue weighted by molar-refractivity contribution is 6.07. The van der Waals surface area contributed by atoms with Gasteiger partial charge in [0.25, 0.3) is 5.91 Å². The number of urea groups is 1. The highest BCUT2D eigenvalue weighted by Gasteiger charge is 2.51. The van der Waals surface area contributed by atoms with Crippen molar-refractivity contribution in [1.29, 1.82) is 0 Å². The van der Waals surface area contributed by atoms with Gasteiger partial charge in [0.15, 0.2) is 5.82 Å². The van der Waals surface area contributed by atoms with Crippen LogP contribution in [0.15, 0.2) is 4.52 Å². The van der Waals surface area contributed by atoms with Crippen molar-refractivity contribution in [3.8, 4) is 0 Å². The molecule has 3 fully saturated rings. The Morgan fingerprint density at radius 3 is 2.38 bits per heavy atom. The van der Waals surface area contributed by atoms with Gasteiger partial charge in [-0.25, -0.2) is 4.79 Å². The number of imide groups is 1. The Morgan fingerprint density at radius 2 is 1.76 bits per heavy atom. The normalized spacial score (nSPS) is 23.3. The Balaban J connectivity index is 1.40. The van der Waals surface area contributed by atoms with Crippen molar-refractivity contribution in [2.45, 2.75) is 88.6 Å². The third-order valence-electron chi connectivity index (χ3n) is 6.56. The molecule has 1 saturated heterocycles. The smallest absolute Gasteiger partial charge is 0.325 e. The summed E-state index contributed by atoms with van der Waals surface area (Å²) in [4.78, 5) is 43.6. The Bertz CT molecular complexity index is 793. The van der Waals surface area contributed by atoms with E-state index in [1.807, 2.05) is 0 Å². The lowest BCUT2D eigenvalue weighted by molar-refractivity contribution is -0.132. The lowest BCUT2D eigenvalue weighted by Gasteiger charge is -2.35. The van der Waals surface area contributed by atoms with E-state index >= 15 is 0 Å². The van der Waals surface area contributed by atoms with Crippen LogP contribution in [0.2, 0.25) is 0 Å². The minimum Gasteiger partial charge on any atom is -0.343 e. The highest BCUT2D eigenvalue weighted by atomic mass is 16.5. The van der Waals surface area contributed by atoms with E-state index in [0.717, 1.165) is 51.4 Å². The van der Waals surface area contributed by atoms with Crippen LogP contribution in [-0.4, -0.2) is 45.0 Å². The van der Waals surface area contributed by atoms with E-state index in [9.17, 15) is 14.4 Å². The molecular weight excluding hydrogens is 374 g/mol. The van der Waals surface area contributed by atoms with Crippen LogP contribution >= 0.6 is 0 Å². The molecule has 1 aromatic heterocycles. The van der Waals surface area contributed by atoms with Gasteiger partial charge in [-0.3, -0.25) is 14.5 Å². The second-order valence-electron chi connectivity index (χ2n) is 8.61. The molecule has 9 nitrogen and oxygen atoms in total. The SMILES string of the molecule is Cc1nc(C2(NC(=O)CCN3C(=O)NC4(CCCCC4)C3=O)CCCCC2)no1. The number of nitrogens with zero attached hydrogens (tertiary/aromatic N) is 3. The molecule has 4 amide bonds. The number of amides is 4. The molecule has 1 aliphatic heterocycles. The first-order chi connectivity index (χ1) is 13.9. The van der Waals surface area contributed by atoms with Crippen LogP contribution < -0.4 is 10.6 Å². The molecule has 9 heteroatoms. The van der Waals surface area contributed by atoms with E-state index in [-0.39, 0.29) is 30.8 Å². The van der Waals surface area contributed by atoms with Gasteiger partial charge in [-0.1, -0.05) is 43.7 Å². The number of aryl methyl sites for hydroxylation is 1. The van der Waals surface area contributed by atoms with Gasteiger partial charge in [0.05, 0.1) is 0 Å². The van der Waals surface area contributed by atoms with E-state index in [0.29, 0.717) is 24.6 Å². The number of hydrogen-bond acceptors (Lipinski definition) is 6. The molecule has 1 aromatic rings. The largest absolute Gasteiger partial charge is 0.343 e. The van der Waals surface area contributed by atoms with Crippen LogP contribution in [-0.2, 0) is 15.1 Å². The van der Waals surface area contributed by atoms with Crippen LogP contribution in [0.4, 0.5) is 4.79 Å². The number of carbonyl (C=O) groups excluding carboxylic acids is 3. The van der Waals surface area contributed by atoms with Gasteiger partial charge in [0.2, 0.25) is 11.8 Å². The summed E-state index contributed by atoms with van der Waals surface area (Å²) < 4.78 is 5.14. The van der Waals surface area contributed by atoms with Crippen LogP contribution in [0.1, 0.15) is 82.3 Å². The van der Waals surface area contributed by atoms with E-state index in [1.54, 1.807) is 6.92 Å². The molecule has 29 heavy (non-hydrogen) atoms. The lowest BCUT2D eigenvalue weighted by atomic mass is 9.81. The molecule has 0 atom stereocenters. The summed E-state index contributed by atoms with van der Waals surface area (Å²) >= 11 is 0. The standard InChI is InChI=1S/C20H29N5O4/c1-14-21-16(24-29-14)19(9-4-2-5-10-19)22-15(26)8-13-25-17(27)20(23-18(25)28)11-6-3-7-12-20/h2-13H2,1H3,(H,22,26)(H,23,28). The monoisotopic (exact) mass is 403 g/mol. The van der Waals surface area contributed by atoms with Crippen molar-refractivity contribution in [2.24, 2.45) is 0 Å². The fourth-order valence-corrected chi connectivity index (χ4v) is 4.97. The molecule has 0 radical (unpaired) electrons. The van der Waals surface area contributed by atoms with Crippen LogP contribution in [0, 0.1) is 6.92 Å². The predicted molar refractivity (Wildman–Crippen MR) is 103 cm³/mol. The topological polar surface area (TPSA) is 117 Å². The van der Waals surface area contributed by atoms with Gasteiger partial charge in [0.1, 0.15) is 11.1 Å². The number of carbonyl (C=O) groups is 3. The van der Waals surface area contributed by atoms with Crippen LogP contribution in [0.3, 0.4) is 0 Å². The quantitative estimate of drug-likeness (QED) is 0.729. The molecule has 3 aliphatic rings. The molecule has 158 valence electrons. The molecule has 2 saturated carbocycles. The summed E-state index contributed by atoms with van der Waals surface area (Å²) in [6, 6.07) is -0.383. The zero-order valence-electron chi connectivity index (χ0n) is 17.0. The van der Waals surface area contributed by atoms with Gasteiger partial charge >= 0.3 is 6.03 Å². The predicted octanol–water partition coefficient (Wildman–Crippen LogP) is 2.30. The Kier molecular flexibility index (Phi) is 5.31. The fraction of sp³-hybridized carbons (Fsp3) is 0.750. The Hall–Kier alpha value is -2.45. The zero-order chi connectivity index (χ0) is 20.5. The Labute approximate surface area is 170 Å². The molecular formula is C20H29N5O4. The summed E-state index contributed by atoms with van der Waals surface area (Å²) in [5.74, 6) is 0.589. The van der Waals surface area contributed by atoms with Crippen LogP contribution in [0.5, 0.6) is 0 Å². The van der Waals surface area contributed by atoms with E-state index in [4.69, 9.17) is 4.52 Å². The molecule has 0 unspecified atom stereocenters. The minimum atomic E-state index is -0.751. The maximum atomic E-state index is 12.9. The van der Waals surface area contributed by atoms with Crippen LogP contribution in [0.25, 0.3) is 0 Å². The van der Waals surface area contributed by atoms with Crippen molar-refractivity contribution in [2.75, 3.05) is 6.54 Å².